The first kappa shape index (κ1) is 15.7. The number of para-hydroxylation sites is 1. The first-order valence-corrected chi connectivity index (χ1v) is 7.50. The highest BCUT2D eigenvalue weighted by Crippen LogP contribution is 2.29. The number of nitrogens with one attached hydrogen (secondary N) is 2. The molecule has 0 aliphatic heterocycles. The SMILES string of the molecule is Cc1cc(C)cc(Nc2ncnc(Nc3ccccc3F)c2N)c1. The summed E-state index contributed by atoms with van der Waals surface area (Å²) >= 11 is 0. The van der Waals surface area contributed by atoms with Gasteiger partial charge in [-0.2, -0.15) is 0 Å². The van der Waals surface area contributed by atoms with Gasteiger partial charge in [0.15, 0.2) is 11.6 Å². The zero-order valence-electron chi connectivity index (χ0n) is 13.5. The van der Waals surface area contributed by atoms with Crippen LogP contribution >= 0.6 is 0 Å². The van der Waals surface area contributed by atoms with Crippen molar-refractivity contribution >= 4 is 28.7 Å². The van der Waals surface area contributed by atoms with E-state index >= 15 is 0 Å². The number of aryl methyl sites for hydroxylation is 2. The van der Waals surface area contributed by atoms with E-state index in [2.05, 4.69) is 26.7 Å². The van der Waals surface area contributed by atoms with Crippen molar-refractivity contribution in [2.75, 3.05) is 16.4 Å². The van der Waals surface area contributed by atoms with Crippen molar-refractivity contribution in [1.82, 2.24) is 9.97 Å². The Balaban J connectivity index is 1.89. The van der Waals surface area contributed by atoms with Gasteiger partial charge in [-0.3, -0.25) is 0 Å². The molecule has 0 spiro atoms. The summed E-state index contributed by atoms with van der Waals surface area (Å²) in [5, 5.41) is 6.08. The lowest BCUT2D eigenvalue weighted by Crippen LogP contribution is -2.06. The number of nitrogen functional groups attached to an aromatic ring is 1. The predicted octanol–water partition coefficient (Wildman–Crippen LogP) is 4.30. The van der Waals surface area contributed by atoms with E-state index in [1.54, 1.807) is 18.2 Å². The van der Waals surface area contributed by atoms with Crippen LogP contribution in [0.2, 0.25) is 0 Å². The van der Waals surface area contributed by atoms with Gasteiger partial charge in [0.2, 0.25) is 0 Å². The molecule has 0 aliphatic carbocycles. The van der Waals surface area contributed by atoms with Gasteiger partial charge >= 0.3 is 0 Å². The fraction of sp³-hybridized carbons (Fsp3) is 0.111. The Morgan fingerprint density at radius 2 is 1.54 bits per heavy atom. The van der Waals surface area contributed by atoms with Gasteiger partial charge in [0.05, 0.1) is 5.69 Å². The van der Waals surface area contributed by atoms with Crippen LogP contribution < -0.4 is 16.4 Å². The summed E-state index contributed by atoms with van der Waals surface area (Å²) < 4.78 is 13.8. The van der Waals surface area contributed by atoms with Gasteiger partial charge in [0.25, 0.3) is 0 Å². The van der Waals surface area contributed by atoms with Crippen LogP contribution in [-0.2, 0) is 0 Å². The lowest BCUT2D eigenvalue weighted by Gasteiger charge is -2.13. The lowest BCUT2D eigenvalue weighted by molar-refractivity contribution is 0.632. The van der Waals surface area contributed by atoms with Crippen molar-refractivity contribution in [1.29, 1.82) is 0 Å². The predicted molar refractivity (Wildman–Crippen MR) is 95.3 cm³/mol. The maximum Gasteiger partial charge on any atom is 0.159 e. The summed E-state index contributed by atoms with van der Waals surface area (Å²) in [6.45, 7) is 4.04. The Bertz CT molecular complexity index is 859. The molecule has 0 saturated carbocycles. The second kappa shape index (κ2) is 6.54. The molecule has 3 rings (SSSR count). The second-order valence-corrected chi connectivity index (χ2v) is 5.59. The van der Waals surface area contributed by atoms with Crippen molar-refractivity contribution in [3.63, 3.8) is 0 Å². The number of hydrogen-bond donors (Lipinski definition) is 3. The lowest BCUT2D eigenvalue weighted by atomic mass is 10.1. The number of rotatable bonds is 4. The standard InChI is InChI=1S/C18H18FN5/c1-11-7-12(2)9-13(8-11)23-17-16(20)18(22-10-21-17)24-15-6-4-3-5-14(15)19/h3-10H,20H2,1-2H3,(H2,21,22,23,24). The number of aromatic nitrogens is 2. The molecule has 0 aliphatic rings. The van der Waals surface area contributed by atoms with Gasteiger partial charge in [0, 0.05) is 5.69 Å². The zero-order valence-corrected chi connectivity index (χ0v) is 13.5. The molecule has 0 fully saturated rings. The molecule has 6 heteroatoms. The van der Waals surface area contributed by atoms with Gasteiger partial charge in [-0.1, -0.05) is 18.2 Å². The summed E-state index contributed by atoms with van der Waals surface area (Å²) in [4.78, 5) is 8.27. The molecule has 0 saturated heterocycles. The quantitative estimate of drug-likeness (QED) is 0.667. The Hall–Kier alpha value is -3.15. The summed E-state index contributed by atoms with van der Waals surface area (Å²) in [6.07, 6.45) is 1.38. The molecule has 122 valence electrons. The molecule has 0 atom stereocenters. The molecule has 1 heterocycles. The third-order valence-corrected chi connectivity index (χ3v) is 3.50. The number of nitrogens with zero attached hydrogens (tertiary/aromatic N) is 2. The van der Waals surface area contributed by atoms with Crippen LogP contribution in [0, 0.1) is 19.7 Å². The Morgan fingerprint density at radius 3 is 2.21 bits per heavy atom. The average molecular weight is 323 g/mol. The van der Waals surface area contributed by atoms with Crippen LogP contribution in [0.5, 0.6) is 0 Å². The van der Waals surface area contributed by atoms with Crippen molar-refractivity contribution in [3.05, 3.63) is 65.7 Å². The maximum absolute atomic E-state index is 13.8. The molecule has 0 amide bonds. The average Bonchev–Trinajstić information content (AvgIpc) is 2.52. The smallest absolute Gasteiger partial charge is 0.159 e. The van der Waals surface area contributed by atoms with Crippen molar-refractivity contribution < 1.29 is 4.39 Å². The minimum absolute atomic E-state index is 0.306. The molecule has 24 heavy (non-hydrogen) atoms. The highest BCUT2D eigenvalue weighted by molar-refractivity contribution is 5.80. The molecule has 2 aromatic carbocycles. The molecule has 4 N–H and O–H groups in total. The molecule has 1 aromatic heterocycles. The van der Waals surface area contributed by atoms with Crippen LogP contribution in [0.1, 0.15) is 11.1 Å². The Labute approximate surface area is 139 Å². The third-order valence-electron chi connectivity index (χ3n) is 3.50. The molecule has 0 unspecified atom stereocenters. The van der Waals surface area contributed by atoms with E-state index in [1.807, 2.05) is 26.0 Å². The van der Waals surface area contributed by atoms with Crippen LogP contribution in [0.3, 0.4) is 0 Å². The van der Waals surface area contributed by atoms with Crippen molar-refractivity contribution in [3.8, 4) is 0 Å². The largest absolute Gasteiger partial charge is 0.393 e. The topological polar surface area (TPSA) is 75.9 Å². The van der Waals surface area contributed by atoms with Crippen LogP contribution in [-0.4, -0.2) is 9.97 Å². The minimum Gasteiger partial charge on any atom is -0.393 e. The van der Waals surface area contributed by atoms with E-state index in [0.717, 1.165) is 16.8 Å². The number of benzene rings is 2. The summed E-state index contributed by atoms with van der Waals surface area (Å²) in [7, 11) is 0. The molecular weight excluding hydrogens is 305 g/mol. The molecule has 3 aromatic rings. The van der Waals surface area contributed by atoms with Crippen molar-refractivity contribution in [2.24, 2.45) is 0 Å². The third kappa shape index (κ3) is 3.43. The maximum atomic E-state index is 13.8. The number of hydrogen-bond acceptors (Lipinski definition) is 5. The highest BCUT2D eigenvalue weighted by atomic mass is 19.1. The van der Waals surface area contributed by atoms with Gasteiger partial charge in [-0.25, -0.2) is 14.4 Å². The summed E-state index contributed by atoms with van der Waals surface area (Å²) in [6, 6.07) is 12.4. The number of halogens is 1. The van der Waals surface area contributed by atoms with Gasteiger partial charge in [-0.05, 0) is 49.2 Å². The van der Waals surface area contributed by atoms with Gasteiger partial charge in [-0.15, -0.1) is 0 Å². The van der Waals surface area contributed by atoms with Crippen molar-refractivity contribution in [2.45, 2.75) is 13.8 Å². The van der Waals surface area contributed by atoms with E-state index < -0.39 is 0 Å². The Morgan fingerprint density at radius 1 is 0.917 bits per heavy atom. The van der Waals surface area contributed by atoms with E-state index in [0.29, 0.717) is 23.0 Å². The normalized spacial score (nSPS) is 10.5. The highest BCUT2D eigenvalue weighted by Gasteiger charge is 2.10. The van der Waals surface area contributed by atoms with E-state index in [9.17, 15) is 4.39 Å². The molecular formula is C18H18FN5. The van der Waals surface area contributed by atoms with Crippen LogP contribution in [0.15, 0.2) is 48.8 Å². The number of nitrogens with two attached hydrogens (primary N) is 1. The first-order valence-electron chi connectivity index (χ1n) is 7.50. The molecule has 5 nitrogen and oxygen atoms in total. The van der Waals surface area contributed by atoms with Gasteiger partial charge in [0.1, 0.15) is 17.8 Å². The van der Waals surface area contributed by atoms with E-state index in [1.165, 1.54) is 12.4 Å². The summed E-state index contributed by atoms with van der Waals surface area (Å²) in [5.41, 5.74) is 9.91. The monoisotopic (exact) mass is 323 g/mol. The van der Waals surface area contributed by atoms with Gasteiger partial charge < -0.3 is 16.4 Å². The number of anilines is 5. The fourth-order valence-electron chi connectivity index (χ4n) is 2.47. The van der Waals surface area contributed by atoms with Crippen LogP contribution in [0.25, 0.3) is 0 Å². The fourth-order valence-corrected chi connectivity index (χ4v) is 2.47. The zero-order chi connectivity index (χ0) is 17.1. The second-order valence-electron chi connectivity index (χ2n) is 5.59. The van der Waals surface area contributed by atoms with E-state index in [4.69, 9.17) is 5.73 Å². The minimum atomic E-state index is -0.376. The molecule has 0 bridgehead atoms. The molecule has 0 radical (unpaired) electrons. The Kier molecular flexibility index (Phi) is 4.29. The van der Waals surface area contributed by atoms with E-state index in [-0.39, 0.29) is 5.82 Å². The summed E-state index contributed by atoms with van der Waals surface area (Å²) in [5.74, 6) is 0.440. The first-order chi connectivity index (χ1) is 11.5. The van der Waals surface area contributed by atoms with Crippen LogP contribution in [0.4, 0.5) is 33.1 Å².